The van der Waals surface area contributed by atoms with Gasteiger partial charge >= 0.3 is 0 Å². The van der Waals surface area contributed by atoms with Gasteiger partial charge in [-0.2, -0.15) is 0 Å². The van der Waals surface area contributed by atoms with Gasteiger partial charge in [0.25, 0.3) is 0 Å². The molecule has 0 aliphatic carbocycles. The molecule has 152 valence electrons. The van der Waals surface area contributed by atoms with E-state index in [1.807, 2.05) is 13.8 Å². The van der Waals surface area contributed by atoms with Crippen LogP contribution in [0.5, 0.6) is 0 Å². The van der Waals surface area contributed by atoms with Gasteiger partial charge in [0.15, 0.2) is 16.6 Å². The molecule has 0 spiro atoms. The molecule has 2 atom stereocenters. The van der Waals surface area contributed by atoms with Crippen molar-refractivity contribution in [2.24, 2.45) is 11.8 Å². The van der Waals surface area contributed by atoms with Gasteiger partial charge in [-0.25, -0.2) is 0 Å². The Morgan fingerprint density at radius 2 is 0.920 bits per heavy atom. The summed E-state index contributed by atoms with van der Waals surface area (Å²) in [5.74, 6) is 1.35. The largest absolute Gasteiger partial charge is 0.393 e. The van der Waals surface area contributed by atoms with Crippen LogP contribution >= 0.6 is 0 Å². The quantitative estimate of drug-likeness (QED) is 0.211. The Morgan fingerprint density at radius 3 is 1.20 bits per heavy atom. The highest BCUT2D eigenvalue weighted by atomic mass is 28.4. The van der Waals surface area contributed by atoms with Crippen molar-refractivity contribution in [3.05, 3.63) is 0 Å². The summed E-state index contributed by atoms with van der Waals surface area (Å²) in [4.78, 5) is 0. The van der Waals surface area contributed by atoms with Crippen molar-refractivity contribution >= 4 is 16.6 Å². The Kier molecular flexibility index (Phi) is 12.0. The first kappa shape index (κ1) is 25.3. The number of hydrogen-bond acceptors (Lipinski definition) is 4. The fourth-order valence-corrected chi connectivity index (χ4v) is 9.64. The zero-order chi connectivity index (χ0) is 19.7. The second kappa shape index (κ2) is 11.9. The highest BCUT2D eigenvalue weighted by molar-refractivity contribution is 6.71. The van der Waals surface area contributed by atoms with Gasteiger partial charge in [0, 0.05) is 0 Å². The standard InChI is InChI=1S/C19H44O4Si2/c1-16(2)14-24(7,8)22-18(5)20-12-11-13-21-19(6)23-25(9,10)15-17(3)4/h16-19H,11-15H2,1-10H3. The molecule has 0 aliphatic rings. The summed E-state index contributed by atoms with van der Waals surface area (Å²) in [6.45, 7) is 23.4. The van der Waals surface area contributed by atoms with Crippen LogP contribution in [0.3, 0.4) is 0 Å². The lowest BCUT2D eigenvalue weighted by Gasteiger charge is -2.29. The summed E-state index contributed by atoms with van der Waals surface area (Å²) in [6.07, 6.45) is 0.595. The van der Waals surface area contributed by atoms with E-state index in [9.17, 15) is 0 Å². The molecule has 6 heteroatoms. The third-order valence-electron chi connectivity index (χ3n) is 3.76. The summed E-state index contributed by atoms with van der Waals surface area (Å²) in [7, 11) is -3.26. The lowest BCUT2D eigenvalue weighted by Crippen LogP contribution is -2.37. The van der Waals surface area contributed by atoms with Crippen molar-refractivity contribution in [1.82, 2.24) is 0 Å². The zero-order valence-electron chi connectivity index (χ0n) is 18.5. The molecular weight excluding hydrogens is 348 g/mol. The highest BCUT2D eigenvalue weighted by Gasteiger charge is 2.27. The van der Waals surface area contributed by atoms with Crippen LogP contribution in [0.4, 0.5) is 0 Å². The molecule has 0 amide bonds. The zero-order valence-corrected chi connectivity index (χ0v) is 20.5. The van der Waals surface area contributed by atoms with Gasteiger partial charge in [0.2, 0.25) is 0 Å². The Bertz CT molecular complexity index is 314. The van der Waals surface area contributed by atoms with Gasteiger partial charge in [-0.05, 0) is 70.4 Å². The van der Waals surface area contributed by atoms with Crippen LogP contribution in [0.2, 0.25) is 38.3 Å². The summed E-state index contributed by atoms with van der Waals surface area (Å²) < 4.78 is 23.9. The second-order valence-corrected chi connectivity index (χ2v) is 17.5. The van der Waals surface area contributed by atoms with Crippen molar-refractivity contribution < 1.29 is 18.3 Å². The van der Waals surface area contributed by atoms with E-state index >= 15 is 0 Å². The first-order valence-electron chi connectivity index (χ1n) is 9.92. The fourth-order valence-electron chi connectivity index (χ4n) is 3.59. The van der Waals surface area contributed by atoms with Gasteiger partial charge in [-0.15, -0.1) is 0 Å². The second-order valence-electron chi connectivity index (χ2n) is 9.18. The SMILES string of the molecule is CC(C)C[Si](C)(C)OC(C)OCCCOC(C)O[Si](C)(C)CC(C)C. The predicted molar refractivity (Wildman–Crippen MR) is 112 cm³/mol. The minimum Gasteiger partial charge on any atom is -0.393 e. The van der Waals surface area contributed by atoms with E-state index < -0.39 is 16.6 Å². The third kappa shape index (κ3) is 15.1. The summed E-state index contributed by atoms with van der Waals surface area (Å²) in [5.41, 5.74) is 0. The van der Waals surface area contributed by atoms with Crippen LogP contribution in [0.1, 0.15) is 48.0 Å². The lowest BCUT2D eigenvalue weighted by molar-refractivity contribution is -0.0984. The molecule has 0 saturated carbocycles. The van der Waals surface area contributed by atoms with E-state index in [-0.39, 0.29) is 12.6 Å². The van der Waals surface area contributed by atoms with Crippen LogP contribution in [0, 0.1) is 11.8 Å². The minimum absolute atomic E-state index is 0.133. The molecule has 0 rings (SSSR count). The molecule has 4 nitrogen and oxygen atoms in total. The fraction of sp³-hybridized carbons (Fsp3) is 1.00. The molecule has 0 N–H and O–H groups in total. The molecule has 25 heavy (non-hydrogen) atoms. The molecular formula is C19H44O4Si2. The molecule has 0 aromatic heterocycles. The van der Waals surface area contributed by atoms with Gasteiger partial charge in [0.1, 0.15) is 12.6 Å². The van der Waals surface area contributed by atoms with Crippen molar-refractivity contribution in [1.29, 1.82) is 0 Å². The van der Waals surface area contributed by atoms with Crippen molar-refractivity contribution in [2.45, 2.75) is 98.8 Å². The first-order valence-corrected chi connectivity index (χ1v) is 16.1. The van der Waals surface area contributed by atoms with Crippen LogP contribution < -0.4 is 0 Å². The Balaban J connectivity index is 3.88. The number of hydrogen-bond donors (Lipinski definition) is 0. The van der Waals surface area contributed by atoms with Crippen molar-refractivity contribution in [2.75, 3.05) is 13.2 Å². The molecule has 0 heterocycles. The van der Waals surface area contributed by atoms with Gasteiger partial charge < -0.3 is 18.3 Å². The van der Waals surface area contributed by atoms with Gasteiger partial charge in [0.05, 0.1) is 13.2 Å². The molecule has 0 saturated heterocycles. The van der Waals surface area contributed by atoms with Crippen LogP contribution in [-0.2, 0) is 18.3 Å². The molecule has 0 bridgehead atoms. The van der Waals surface area contributed by atoms with Crippen LogP contribution in [0.15, 0.2) is 0 Å². The molecule has 0 fully saturated rings. The molecule has 0 aromatic carbocycles. The smallest absolute Gasteiger partial charge is 0.190 e. The Hall–Kier alpha value is 0.274. The van der Waals surface area contributed by atoms with E-state index in [0.29, 0.717) is 25.0 Å². The predicted octanol–water partition coefficient (Wildman–Crippen LogP) is 5.86. The van der Waals surface area contributed by atoms with Crippen molar-refractivity contribution in [3.8, 4) is 0 Å². The normalized spacial score (nSPS) is 15.8. The highest BCUT2D eigenvalue weighted by Crippen LogP contribution is 2.21. The summed E-state index contributed by atoms with van der Waals surface area (Å²) >= 11 is 0. The van der Waals surface area contributed by atoms with Gasteiger partial charge in [-0.3, -0.25) is 0 Å². The van der Waals surface area contributed by atoms with E-state index in [4.69, 9.17) is 18.3 Å². The summed E-state index contributed by atoms with van der Waals surface area (Å²) in [5, 5.41) is 0. The molecule has 0 radical (unpaired) electrons. The molecule has 0 aliphatic heterocycles. The van der Waals surface area contributed by atoms with Crippen LogP contribution in [-0.4, -0.2) is 42.4 Å². The lowest BCUT2D eigenvalue weighted by atomic mass is 10.3. The average molecular weight is 393 g/mol. The topological polar surface area (TPSA) is 36.9 Å². The van der Waals surface area contributed by atoms with Crippen LogP contribution in [0.25, 0.3) is 0 Å². The molecule has 0 aromatic rings. The Labute approximate surface area is 159 Å². The Morgan fingerprint density at radius 1 is 0.600 bits per heavy atom. The maximum atomic E-state index is 6.14. The van der Waals surface area contributed by atoms with E-state index in [0.717, 1.165) is 18.5 Å². The van der Waals surface area contributed by atoms with Crippen molar-refractivity contribution in [3.63, 3.8) is 0 Å². The molecule has 2 unspecified atom stereocenters. The minimum atomic E-state index is -1.63. The monoisotopic (exact) mass is 392 g/mol. The number of ether oxygens (including phenoxy) is 2. The summed E-state index contributed by atoms with van der Waals surface area (Å²) in [6, 6.07) is 2.32. The van der Waals surface area contributed by atoms with E-state index in [1.165, 1.54) is 0 Å². The van der Waals surface area contributed by atoms with Gasteiger partial charge in [-0.1, -0.05) is 27.7 Å². The maximum Gasteiger partial charge on any atom is 0.190 e. The number of rotatable bonds is 14. The maximum absolute atomic E-state index is 6.14. The van der Waals surface area contributed by atoms with E-state index in [1.54, 1.807) is 0 Å². The first-order chi connectivity index (χ1) is 11.3. The average Bonchev–Trinajstić information content (AvgIpc) is 2.32. The third-order valence-corrected chi connectivity index (χ3v) is 9.30. The van der Waals surface area contributed by atoms with E-state index in [2.05, 4.69) is 53.9 Å².